The maximum Gasteiger partial charge on any atom is 0.534 e. The topological polar surface area (TPSA) is 61.8 Å². The van der Waals surface area contributed by atoms with Gasteiger partial charge in [-0.2, -0.15) is 21.6 Å². The van der Waals surface area contributed by atoms with Gasteiger partial charge in [-0.05, 0) is 0 Å². The lowest BCUT2D eigenvalue weighted by Crippen LogP contribution is -2.41. The Hall–Kier alpha value is -1.94. The van der Waals surface area contributed by atoms with Gasteiger partial charge in [-0.25, -0.2) is 0 Å². The zero-order chi connectivity index (χ0) is 19.9. The second-order valence-electron chi connectivity index (χ2n) is 6.55. The summed E-state index contributed by atoms with van der Waals surface area (Å²) in [7, 11) is -5.68. The smallest absolute Gasteiger partial charge is 0.496 e. The standard InChI is InChI=1S/C16H19F3O5SSi/c1-22-12-10-8-6-7-9-11(10)13(23-2)15(26(3,4)5)14(12)24-25(20,21)16(17,18)19/h6-9H,1-5H3. The Morgan fingerprint density at radius 3 is 1.73 bits per heavy atom. The van der Waals surface area contributed by atoms with Crippen molar-refractivity contribution in [3.8, 4) is 17.2 Å². The maximum absolute atomic E-state index is 12.9. The van der Waals surface area contributed by atoms with Crippen LogP contribution in [0.4, 0.5) is 13.2 Å². The van der Waals surface area contributed by atoms with Crippen molar-refractivity contribution in [1.82, 2.24) is 0 Å². The van der Waals surface area contributed by atoms with Crippen molar-refractivity contribution in [2.75, 3.05) is 14.2 Å². The Morgan fingerprint density at radius 1 is 0.885 bits per heavy atom. The van der Waals surface area contributed by atoms with Gasteiger partial charge >= 0.3 is 15.6 Å². The fourth-order valence-electron chi connectivity index (χ4n) is 2.69. The molecule has 0 bridgehead atoms. The summed E-state index contributed by atoms with van der Waals surface area (Å²) in [4.78, 5) is 0. The Morgan fingerprint density at radius 2 is 1.35 bits per heavy atom. The van der Waals surface area contributed by atoms with E-state index in [0.29, 0.717) is 16.0 Å². The number of ether oxygens (including phenoxy) is 2. The molecule has 0 aromatic heterocycles. The van der Waals surface area contributed by atoms with Gasteiger partial charge in [0.25, 0.3) is 0 Å². The van der Waals surface area contributed by atoms with Gasteiger partial charge in [0.15, 0.2) is 11.5 Å². The van der Waals surface area contributed by atoms with Crippen LogP contribution in [0.5, 0.6) is 17.2 Å². The highest BCUT2D eigenvalue weighted by atomic mass is 32.2. The molecule has 0 N–H and O–H groups in total. The predicted octanol–water partition coefficient (Wildman–Crippen LogP) is 3.63. The van der Waals surface area contributed by atoms with E-state index in [0.717, 1.165) is 0 Å². The van der Waals surface area contributed by atoms with E-state index in [1.807, 2.05) is 19.6 Å². The van der Waals surface area contributed by atoms with E-state index in [9.17, 15) is 21.6 Å². The number of fused-ring (bicyclic) bond motifs is 1. The van der Waals surface area contributed by atoms with Crippen LogP contribution in [-0.2, 0) is 10.1 Å². The highest BCUT2D eigenvalue weighted by molar-refractivity contribution is 7.88. The SMILES string of the molecule is COc1c(OS(=O)(=O)C(F)(F)F)c([Si](C)(C)C)c(OC)c2ccccc12. The quantitative estimate of drug-likeness (QED) is 0.430. The predicted molar refractivity (Wildman–Crippen MR) is 95.6 cm³/mol. The molecule has 0 saturated carbocycles. The summed E-state index contributed by atoms with van der Waals surface area (Å²) in [5, 5.41) is 1.28. The van der Waals surface area contributed by atoms with Gasteiger partial charge in [-0.3, -0.25) is 0 Å². The Labute approximate surface area is 150 Å². The molecule has 0 fully saturated rings. The molecule has 10 heteroatoms. The molecule has 0 amide bonds. The number of halogens is 3. The van der Waals surface area contributed by atoms with E-state index < -0.39 is 29.4 Å². The van der Waals surface area contributed by atoms with Crippen LogP contribution in [0.2, 0.25) is 19.6 Å². The third-order valence-corrected chi connectivity index (χ3v) is 6.62. The van der Waals surface area contributed by atoms with Gasteiger partial charge in [0, 0.05) is 16.0 Å². The fraction of sp³-hybridized carbons (Fsp3) is 0.375. The lowest BCUT2D eigenvalue weighted by Gasteiger charge is -2.27. The third kappa shape index (κ3) is 3.47. The van der Waals surface area contributed by atoms with Crippen molar-refractivity contribution < 1.29 is 35.2 Å². The Bertz CT molecular complexity index is 934. The number of alkyl halides is 3. The molecule has 2 aromatic carbocycles. The second kappa shape index (κ2) is 6.65. The highest BCUT2D eigenvalue weighted by Gasteiger charge is 2.50. The first-order valence-corrected chi connectivity index (χ1v) is 12.4. The van der Waals surface area contributed by atoms with Crippen LogP contribution in [0.25, 0.3) is 10.8 Å². The van der Waals surface area contributed by atoms with E-state index in [1.54, 1.807) is 24.3 Å². The van der Waals surface area contributed by atoms with Gasteiger partial charge < -0.3 is 13.7 Å². The van der Waals surface area contributed by atoms with Crippen LogP contribution in [0.3, 0.4) is 0 Å². The summed E-state index contributed by atoms with van der Waals surface area (Å²) >= 11 is 0. The zero-order valence-corrected chi connectivity index (χ0v) is 16.7. The first-order valence-electron chi connectivity index (χ1n) is 7.53. The number of hydrogen-bond acceptors (Lipinski definition) is 5. The number of methoxy groups -OCH3 is 2. The van der Waals surface area contributed by atoms with E-state index in [-0.39, 0.29) is 11.5 Å². The van der Waals surface area contributed by atoms with Gasteiger partial charge in [0.05, 0.1) is 22.3 Å². The summed E-state index contributed by atoms with van der Waals surface area (Å²) in [6.07, 6.45) is 0. The summed E-state index contributed by atoms with van der Waals surface area (Å²) in [5.74, 6) is -0.265. The van der Waals surface area contributed by atoms with Crippen molar-refractivity contribution in [3.05, 3.63) is 24.3 Å². The molecule has 0 unspecified atom stereocenters. The van der Waals surface area contributed by atoms with Crippen molar-refractivity contribution in [2.45, 2.75) is 25.1 Å². The molecule has 144 valence electrons. The lowest BCUT2D eigenvalue weighted by molar-refractivity contribution is -0.0500. The number of rotatable bonds is 5. The zero-order valence-electron chi connectivity index (χ0n) is 14.9. The Balaban J connectivity index is 3.00. The molecular weight excluding hydrogens is 389 g/mol. The molecule has 0 aliphatic heterocycles. The number of hydrogen-bond donors (Lipinski definition) is 0. The van der Waals surface area contributed by atoms with Crippen molar-refractivity contribution >= 4 is 34.2 Å². The van der Waals surface area contributed by atoms with Crippen LogP contribution < -0.4 is 18.8 Å². The molecule has 5 nitrogen and oxygen atoms in total. The van der Waals surface area contributed by atoms with Crippen molar-refractivity contribution in [1.29, 1.82) is 0 Å². The molecule has 2 aromatic rings. The van der Waals surface area contributed by atoms with Crippen molar-refractivity contribution in [2.24, 2.45) is 0 Å². The Kier molecular flexibility index (Phi) is 5.21. The molecule has 0 atom stereocenters. The first-order chi connectivity index (χ1) is 11.8. The molecule has 0 aliphatic rings. The molecule has 0 radical (unpaired) electrons. The molecule has 26 heavy (non-hydrogen) atoms. The van der Waals surface area contributed by atoms with Gasteiger partial charge in [-0.15, -0.1) is 0 Å². The highest BCUT2D eigenvalue weighted by Crippen LogP contribution is 2.43. The average molecular weight is 408 g/mol. The van der Waals surface area contributed by atoms with Crippen LogP contribution in [0.15, 0.2) is 24.3 Å². The molecule has 2 rings (SSSR count). The molecule has 0 saturated heterocycles. The van der Waals surface area contributed by atoms with E-state index >= 15 is 0 Å². The summed E-state index contributed by atoms with van der Waals surface area (Å²) in [6, 6.07) is 6.71. The third-order valence-electron chi connectivity index (χ3n) is 3.71. The first kappa shape index (κ1) is 20.4. The fourth-order valence-corrected chi connectivity index (χ4v) is 5.00. The maximum atomic E-state index is 12.9. The molecule has 0 spiro atoms. The summed E-state index contributed by atoms with van der Waals surface area (Å²) in [5.41, 5.74) is -5.56. The minimum Gasteiger partial charge on any atom is -0.496 e. The van der Waals surface area contributed by atoms with E-state index in [4.69, 9.17) is 9.47 Å². The van der Waals surface area contributed by atoms with Crippen LogP contribution in [0, 0.1) is 0 Å². The molecular formula is C16H19F3O5SSi. The van der Waals surface area contributed by atoms with Gasteiger partial charge in [-0.1, -0.05) is 43.9 Å². The second-order valence-corrected chi connectivity index (χ2v) is 13.1. The van der Waals surface area contributed by atoms with Crippen LogP contribution in [0.1, 0.15) is 0 Å². The number of benzene rings is 2. The minimum absolute atomic E-state index is 0.0772. The monoisotopic (exact) mass is 408 g/mol. The van der Waals surface area contributed by atoms with Crippen LogP contribution in [-0.4, -0.2) is 36.2 Å². The average Bonchev–Trinajstić information content (AvgIpc) is 2.51. The van der Waals surface area contributed by atoms with Crippen molar-refractivity contribution in [3.63, 3.8) is 0 Å². The lowest BCUT2D eigenvalue weighted by atomic mass is 10.1. The largest absolute Gasteiger partial charge is 0.534 e. The van der Waals surface area contributed by atoms with E-state index in [2.05, 4.69) is 4.18 Å². The molecule has 0 heterocycles. The minimum atomic E-state index is -5.87. The van der Waals surface area contributed by atoms with E-state index in [1.165, 1.54) is 14.2 Å². The van der Waals surface area contributed by atoms with Gasteiger partial charge in [0.1, 0.15) is 5.75 Å². The summed E-state index contributed by atoms with van der Waals surface area (Å²) < 4.78 is 77.4. The normalized spacial score (nSPS) is 12.9. The molecule has 0 aliphatic carbocycles. The van der Waals surface area contributed by atoms with Crippen LogP contribution >= 0.6 is 0 Å². The summed E-state index contributed by atoms with van der Waals surface area (Å²) in [6.45, 7) is 5.52. The van der Waals surface area contributed by atoms with Gasteiger partial charge in [0.2, 0.25) is 0 Å².